The van der Waals surface area contributed by atoms with Gasteiger partial charge in [0.05, 0.1) is 5.56 Å². The average Bonchev–Trinajstić information content (AvgIpc) is 2.30. The third-order valence-corrected chi connectivity index (χ3v) is 3.05. The number of carbonyl (C=O) groups is 1. The number of aromatic nitrogens is 1. The van der Waals surface area contributed by atoms with Crippen molar-refractivity contribution in [2.75, 3.05) is 5.73 Å². The van der Waals surface area contributed by atoms with Crippen molar-refractivity contribution in [1.82, 2.24) is 4.98 Å². The van der Waals surface area contributed by atoms with Gasteiger partial charge in [0.15, 0.2) is 0 Å². The zero-order valence-corrected chi connectivity index (χ0v) is 10.3. The summed E-state index contributed by atoms with van der Waals surface area (Å²) in [5, 5.41) is 9.14. The average molecular weight is 293 g/mol. The minimum Gasteiger partial charge on any atom is -0.478 e. The van der Waals surface area contributed by atoms with Crippen LogP contribution in [0.2, 0.25) is 0 Å². The summed E-state index contributed by atoms with van der Waals surface area (Å²) in [6.45, 7) is 0. The highest BCUT2D eigenvalue weighted by molar-refractivity contribution is 9.10. The fourth-order valence-corrected chi connectivity index (χ4v) is 2.09. The van der Waals surface area contributed by atoms with Crippen molar-refractivity contribution in [2.45, 2.75) is 0 Å². The number of benzene rings is 1. The molecular formula is C12H9BrN2O2. The monoisotopic (exact) mass is 292 g/mol. The van der Waals surface area contributed by atoms with E-state index in [1.807, 2.05) is 18.2 Å². The topological polar surface area (TPSA) is 76.2 Å². The molecule has 1 aromatic carbocycles. The Balaban J connectivity index is 2.75. The van der Waals surface area contributed by atoms with Gasteiger partial charge in [-0.2, -0.15) is 0 Å². The second-order valence-corrected chi connectivity index (χ2v) is 4.26. The molecule has 0 radical (unpaired) electrons. The lowest BCUT2D eigenvalue weighted by Gasteiger charge is -2.10. The standard InChI is InChI=1S/C12H9BrN2O2/c13-9-4-2-1-3-7(9)10-8(12(16)17)5-6-15-11(10)14/h1-6H,(H2,14,15)(H,16,17). The predicted molar refractivity (Wildman–Crippen MR) is 68.7 cm³/mol. The lowest BCUT2D eigenvalue weighted by Crippen LogP contribution is -2.04. The van der Waals surface area contributed by atoms with Crippen molar-refractivity contribution in [3.63, 3.8) is 0 Å². The van der Waals surface area contributed by atoms with Gasteiger partial charge in [0.25, 0.3) is 0 Å². The third kappa shape index (κ3) is 2.14. The number of halogens is 1. The summed E-state index contributed by atoms with van der Waals surface area (Å²) in [6, 6.07) is 8.73. The van der Waals surface area contributed by atoms with Crippen LogP contribution in [0.4, 0.5) is 5.82 Å². The number of carboxylic acids is 1. The van der Waals surface area contributed by atoms with Gasteiger partial charge in [-0.3, -0.25) is 0 Å². The van der Waals surface area contributed by atoms with Crippen LogP contribution in [0.15, 0.2) is 41.0 Å². The van der Waals surface area contributed by atoms with E-state index in [-0.39, 0.29) is 11.4 Å². The first-order valence-electron chi connectivity index (χ1n) is 4.84. The summed E-state index contributed by atoms with van der Waals surface area (Å²) >= 11 is 3.37. The highest BCUT2D eigenvalue weighted by atomic mass is 79.9. The van der Waals surface area contributed by atoms with Gasteiger partial charge in [0.2, 0.25) is 0 Å². The Bertz CT molecular complexity index is 584. The molecule has 0 spiro atoms. The lowest BCUT2D eigenvalue weighted by molar-refractivity contribution is 0.0697. The zero-order chi connectivity index (χ0) is 12.4. The van der Waals surface area contributed by atoms with E-state index in [1.54, 1.807) is 6.07 Å². The van der Waals surface area contributed by atoms with Crippen LogP contribution in [0.3, 0.4) is 0 Å². The minimum absolute atomic E-state index is 0.143. The van der Waals surface area contributed by atoms with Gasteiger partial charge in [0.1, 0.15) is 5.82 Å². The Kier molecular flexibility index (Phi) is 3.10. The number of nitrogens with two attached hydrogens (primary N) is 1. The maximum absolute atomic E-state index is 11.2. The molecule has 86 valence electrons. The summed E-state index contributed by atoms with van der Waals surface area (Å²) in [5.74, 6) is -0.818. The molecule has 1 aromatic heterocycles. The fraction of sp³-hybridized carbons (Fsp3) is 0. The quantitative estimate of drug-likeness (QED) is 0.892. The normalized spacial score (nSPS) is 10.2. The van der Waals surface area contributed by atoms with E-state index in [1.165, 1.54) is 12.3 Å². The molecule has 0 fully saturated rings. The number of aromatic carboxylic acids is 1. The van der Waals surface area contributed by atoms with Crippen molar-refractivity contribution in [3.05, 3.63) is 46.6 Å². The van der Waals surface area contributed by atoms with Crippen LogP contribution in [0.5, 0.6) is 0 Å². The van der Waals surface area contributed by atoms with Gasteiger partial charge < -0.3 is 10.8 Å². The fourth-order valence-electron chi connectivity index (χ4n) is 1.60. The van der Waals surface area contributed by atoms with Crippen molar-refractivity contribution in [2.24, 2.45) is 0 Å². The highest BCUT2D eigenvalue weighted by Gasteiger charge is 2.16. The van der Waals surface area contributed by atoms with E-state index in [9.17, 15) is 4.79 Å². The molecule has 17 heavy (non-hydrogen) atoms. The van der Waals surface area contributed by atoms with E-state index in [0.717, 1.165) is 10.0 Å². The van der Waals surface area contributed by atoms with E-state index in [2.05, 4.69) is 20.9 Å². The second kappa shape index (κ2) is 4.55. The maximum Gasteiger partial charge on any atom is 0.336 e. The van der Waals surface area contributed by atoms with Crippen molar-refractivity contribution >= 4 is 27.7 Å². The summed E-state index contributed by atoms with van der Waals surface area (Å²) in [4.78, 5) is 15.1. The van der Waals surface area contributed by atoms with E-state index in [4.69, 9.17) is 10.8 Å². The van der Waals surface area contributed by atoms with Gasteiger partial charge in [-0.25, -0.2) is 9.78 Å². The first-order chi connectivity index (χ1) is 8.11. The molecule has 0 saturated carbocycles. The number of anilines is 1. The minimum atomic E-state index is -1.02. The molecular weight excluding hydrogens is 284 g/mol. The smallest absolute Gasteiger partial charge is 0.336 e. The lowest BCUT2D eigenvalue weighted by atomic mass is 10.0. The number of nitrogen functional groups attached to an aromatic ring is 1. The molecule has 0 aliphatic heterocycles. The third-order valence-electron chi connectivity index (χ3n) is 2.35. The first kappa shape index (κ1) is 11.6. The molecule has 1 heterocycles. The van der Waals surface area contributed by atoms with Gasteiger partial charge in [-0.05, 0) is 12.1 Å². The van der Waals surface area contributed by atoms with Crippen LogP contribution in [0.25, 0.3) is 11.1 Å². The van der Waals surface area contributed by atoms with Crippen LogP contribution in [-0.4, -0.2) is 16.1 Å². The Hall–Kier alpha value is -1.88. The molecule has 0 atom stereocenters. The summed E-state index contributed by atoms with van der Waals surface area (Å²) in [6.07, 6.45) is 1.39. The number of rotatable bonds is 2. The van der Waals surface area contributed by atoms with Gasteiger partial charge in [-0.1, -0.05) is 34.1 Å². The van der Waals surface area contributed by atoms with Crippen molar-refractivity contribution in [1.29, 1.82) is 0 Å². The Morgan fingerprint density at radius 2 is 2.00 bits per heavy atom. The Morgan fingerprint density at radius 1 is 1.29 bits per heavy atom. The van der Waals surface area contributed by atoms with Crippen LogP contribution in [0, 0.1) is 0 Å². The van der Waals surface area contributed by atoms with E-state index in [0.29, 0.717) is 5.56 Å². The molecule has 0 amide bonds. The van der Waals surface area contributed by atoms with Gasteiger partial charge in [0, 0.05) is 21.8 Å². The molecule has 0 unspecified atom stereocenters. The highest BCUT2D eigenvalue weighted by Crippen LogP contribution is 2.33. The number of nitrogens with zero attached hydrogens (tertiary/aromatic N) is 1. The number of pyridine rings is 1. The molecule has 2 rings (SSSR count). The van der Waals surface area contributed by atoms with E-state index >= 15 is 0 Å². The maximum atomic E-state index is 11.2. The van der Waals surface area contributed by atoms with Crippen molar-refractivity contribution < 1.29 is 9.90 Å². The molecule has 4 nitrogen and oxygen atoms in total. The summed E-state index contributed by atoms with van der Waals surface area (Å²) < 4.78 is 0.780. The second-order valence-electron chi connectivity index (χ2n) is 3.40. The SMILES string of the molecule is Nc1nccc(C(=O)O)c1-c1ccccc1Br. The van der Waals surface area contributed by atoms with E-state index < -0.39 is 5.97 Å². The predicted octanol–water partition coefficient (Wildman–Crippen LogP) is 2.79. The number of hydrogen-bond acceptors (Lipinski definition) is 3. The van der Waals surface area contributed by atoms with Gasteiger partial charge in [-0.15, -0.1) is 0 Å². The molecule has 0 aliphatic rings. The molecule has 0 bridgehead atoms. The molecule has 3 N–H and O–H groups in total. The summed E-state index contributed by atoms with van der Waals surface area (Å²) in [7, 11) is 0. The Labute approximate surface area is 106 Å². The van der Waals surface area contributed by atoms with Crippen LogP contribution in [0.1, 0.15) is 10.4 Å². The van der Waals surface area contributed by atoms with Gasteiger partial charge >= 0.3 is 5.97 Å². The molecule has 5 heteroatoms. The van der Waals surface area contributed by atoms with Crippen molar-refractivity contribution in [3.8, 4) is 11.1 Å². The molecule has 0 aliphatic carbocycles. The first-order valence-corrected chi connectivity index (χ1v) is 5.63. The Morgan fingerprint density at radius 3 is 2.65 bits per heavy atom. The number of carboxylic acid groups (broad SMARTS) is 1. The largest absolute Gasteiger partial charge is 0.478 e. The number of hydrogen-bond donors (Lipinski definition) is 2. The van der Waals surface area contributed by atoms with Crippen LogP contribution in [-0.2, 0) is 0 Å². The molecule has 2 aromatic rings. The summed E-state index contributed by atoms with van der Waals surface area (Å²) in [5.41, 5.74) is 7.06. The van der Waals surface area contributed by atoms with Crippen LogP contribution >= 0.6 is 15.9 Å². The molecule has 0 saturated heterocycles. The van der Waals surface area contributed by atoms with Crippen LogP contribution < -0.4 is 5.73 Å². The zero-order valence-electron chi connectivity index (χ0n) is 8.72.